The summed E-state index contributed by atoms with van der Waals surface area (Å²) in [6, 6.07) is 10.8. The lowest BCUT2D eigenvalue weighted by Crippen LogP contribution is -2.23. The molecule has 0 radical (unpaired) electrons. The Hall–Kier alpha value is -2.26. The van der Waals surface area contributed by atoms with Gasteiger partial charge in [0.1, 0.15) is 17.5 Å². The lowest BCUT2D eigenvalue weighted by Gasteiger charge is -2.13. The lowest BCUT2D eigenvalue weighted by atomic mass is 10.2. The van der Waals surface area contributed by atoms with Crippen molar-refractivity contribution in [3.63, 3.8) is 0 Å². The Labute approximate surface area is 157 Å². The van der Waals surface area contributed by atoms with Crippen LogP contribution in [0.5, 0.6) is 0 Å². The molecule has 0 unspecified atom stereocenters. The van der Waals surface area contributed by atoms with Crippen molar-refractivity contribution >= 4 is 50.2 Å². The number of halogens is 1. The maximum atomic E-state index is 12.1. The molecule has 0 saturated heterocycles. The highest BCUT2D eigenvalue weighted by atomic mass is 79.9. The van der Waals surface area contributed by atoms with Crippen molar-refractivity contribution in [1.82, 2.24) is 10.4 Å². The molecule has 1 aliphatic heterocycles. The quantitative estimate of drug-likeness (QED) is 0.582. The van der Waals surface area contributed by atoms with Gasteiger partial charge in [0, 0.05) is 11.3 Å². The number of nitrogens with one attached hydrogen (secondary N) is 2. The summed E-state index contributed by atoms with van der Waals surface area (Å²) in [5, 5.41) is 14.2. The second-order valence-corrected chi connectivity index (χ2v) is 6.70. The number of hydrazone groups is 2. The van der Waals surface area contributed by atoms with E-state index in [1.807, 2.05) is 37.4 Å². The number of carbonyl (C=O) groups is 1. The van der Waals surface area contributed by atoms with Gasteiger partial charge in [0.25, 0.3) is 5.91 Å². The molecule has 2 heterocycles. The van der Waals surface area contributed by atoms with Crippen LogP contribution in [0.25, 0.3) is 0 Å². The summed E-state index contributed by atoms with van der Waals surface area (Å²) in [6.45, 7) is 2.45. The van der Waals surface area contributed by atoms with E-state index in [4.69, 9.17) is 4.42 Å². The molecule has 2 aromatic rings. The first-order valence-corrected chi connectivity index (χ1v) is 9.43. The minimum absolute atomic E-state index is 0.249. The normalized spacial score (nSPS) is 14.3. The Morgan fingerprint density at radius 1 is 1.36 bits per heavy atom. The van der Waals surface area contributed by atoms with Crippen molar-refractivity contribution in [3.05, 3.63) is 52.4 Å². The van der Waals surface area contributed by atoms with E-state index in [0.29, 0.717) is 17.0 Å². The van der Waals surface area contributed by atoms with Gasteiger partial charge in [-0.25, -0.2) is 5.01 Å². The molecule has 1 aromatic carbocycles. The zero-order valence-corrected chi connectivity index (χ0v) is 16.0. The number of carbonyl (C=O) groups excluding carboxylic acids is 1. The van der Waals surface area contributed by atoms with Crippen LogP contribution in [0.1, 0.15) is 23.0 Å². The minimum Gasteiger partial charge on any atom is -0.444 e. The summed E-state index contributed by atoms with van der Waals surface area (Å²) in [6.07, 6.45) is 1.97. The van der Waals surface area contributed by atoms with Gasteiger partial charge in [-0.1, -0.05) is 12.1 Å². The minimum atomic E-state index is -0.299. The number of amides is 1. The van der Waals surface area contributed by atoms with Crippen LogP contribution in [-0.2, 0) is 0 Å². The van der Waals surface area contributed by atoms with E-state index in [1.54, 1.807) is 28.9 Å². The third kappa shape index (κ3) is 4.23. The summed E-state index contributed by atoms with van der Waals surface area (Å²) in [7, 11) is 0. The fourth-order valence-electron chi connectivity index (χ4n) is 2.15. The molecule has 1 aromatic heterocycles. The van der Waals surface area contributed by atoms with E-state index in [9.17, 15) is 4.79 Å². The number of benzene rings is 1. The molecule has 0 aliphatic carbocycles. The molecule has 1 amide bonds. The molecule has 2 N–H and O–H groups in total. The van der Waals surface area contributed by atoms with E-state index >= 15 is 0 Å². The Balaban J connectivity index is 1.71. The Bertz CT molecular complexity index is 831. The summed E-state index contributed by atoms with van der Waals surface area (Å²) < 4.78 is 5.76. The first kappa shape index (κ1) is 17.6. The van der Waals surface area contributed by atoms with Crippen molar-refractivity contribution in [2.24, 2.45) is 10.2 Å². The number of thioether (sulfide) groups is 1. The van der Waals surface area contributed by atoms with Gasteiger partial charge >= 0.3 is 0 Å². The second kappa shape index (κ2) is 7.75. The molecule has 3 rings (SSSR count). The van der Waals surface area contributed by atoms with Crippen LogP contribution < -0.4 is 10.7 Å². The van der Waals surface area contributed by atoms with Crippen molar-refractivity contribution in [3.8, 4) is 0 Å². The first-order valence-electron chi connectivity index (χ1n) is 7.41. The zero-order chi connectivity index (χ0) is 17.8. The van der Waals surface area contributed by atoms with Crippen molar-refractivity contribution in [1.29, 1.82) is 0 Å². The van der Waals surface area contributed by atoms with Gasteiger partial charge in [-0.2, -0.15) is 10.2 Å². The molecule has 9 heteroatoms. The number of hydrogen-bond donors (Lipinski definition) is 2. The van der Waals surface area contributed by atoms with Gasteiger partial charge < -0.3 is 9.73 Å². The largest absolute Gasteiger partial charge is 0.444 e. The summed E-state index contributed by atoms with van der Waals surface area (Å²) in [5.41, 5.74) is 4.54. The summed E-state index contributed by atoms with van der Waals surface area (Å²) in [5.74, 6) is 0.769. The number of nitrogens with zero attached hydrogens (tertiary/aromatic N) is 3. The van der Waals surface area contributed by atoms with Crippen LogP contribution in [0, 0.1) is 0 Å². The van der Waals surface area contributed by atoms with E-state index in [1.165, 1.54) is 0 Å². The SMILES string of the molecule is CS/C(=N\N1CNN=C1C)c1ccc(NC(=O)c2ccc(Br)o2)cc1. The molecule has 130 valence electrons. The molecular formula is C16H16BrN5O2S. The lowest BCUT2D eigenvalue weighted by molar-refractivity contribution is 0.0995. The van der Waals surface area contributed by atoms with Gasteiger partial charge in [0.2, 0.25) is 0 Å². The Kier molecular flexibility index (Phi) is 5.44. The van der Waals surface area contributed by atoms with E-state index in [-0.39, 0.29) is 11.7 Å². The van der Waals surface area contributed by atoms with Crippen LogP contribution in [0.2, 0.25) is 0 Å². The van der Waals surface area contributed by atoms with Crippen LogP contribution in [0.4, 0.5) is 5.69 Å². The van der Waals surface area contributed by atoms with Gasteiger partial charge in [0.15, 0.2) is 10.4 Å². The van der Waals surface area contributed by atoms with Crippen LogP contribution in [-0.4, -0.2) is 34.7 Å². The number of hydrogen-bond acceptors (Lipinski definition) is 7. The third-order valence-electron chi connectivity index (χ3n) is 3.43. The van der Waals surface area contributed by atoms with Crippen LogP contribution in [0.15, 0.2) is 55.7 Å². The van der Waals surface area contributed by atoms with E-state index in [0.717, 1.165) is 16.4 Å². The standard InChI is InChI=1S/C16H16BrN5O2S/c1-10-20-18-9-22(10)21-16(25-2)11-3-5-12(6-4-11)19-15(23)13-7-8-14(17)24-13/h3-8,18H,9H2,1-2H3,(H,19,23)/b21-16-. The molecule has 0 bridgehead atoms. The summed E-state index contributed by atoms with van der Waals surface area (Å²) in [4.78, 5) is 12.1. The monoisotopic (exact) mass is 421 g/mol. The number of rotatable bonds is 4. The molecule has 0 atom stereocenters. The first-order chi connectivity index (χ1) is 12.1. The molecule has 1 aliphatic rings. The highest BCUT2D eigenvalue weighted by Crippen LogP contribution is 2.19. The van der Waals surface area contributed by atoms with Gasteiger partial charge in [-0.15, -0.1) is 11.8 Å². The fraction of sp³-hybridized carbons (Fsp3) is 0.188. The topological polar surface area (TPSA) is 82.2 Å². The predicted octanol–water partition coefficient (Wildman–Crippen LogP) is 3.52. The predicted molar refractivity (Wildman–Crippen MR) is 104 cm³/mol. The smallest absolute Gasteiger partial charge is 0.291 e. The molecule has 7 nitrogen and oxygen atoms in total. The van der Waals surface area contributed by atoms with Crippen molar-refractivity contribution in [2.45, 2.75) is 6.92 Å². The number of anilines is 1. The van der Waals surface area contributed by atoms with Crippen molar-refractivity contribution < 1.29 is 9.21 Å². The maximum absolute atomic E-state index is 12.1. The van der Waals surface area contributed by atoms with Gasteiger partial charge in [-0.05, 0) is 53.4 Å². The van der Waals surface area contributed by atoms with Gasteiger partial charge in [0.05, 0.1) is 0 Å². The maximum Gasteiger partial charge on any atom is 0.291 e. The average molecular weight is 422 g/mol. The highest BCUT2D eigenvalue weighted by Gasteiger charge is 2.14. The van der Waals surface area contributed by atoms with E-state index in [2.05, 4.69) is 36.9 Å². The Morgan fingerprint density at radius 3 is 2.68 bits per heavy atom. The zero-order valence-electron chi connectivity index (χ0n) is 13.6. The van der Waals surface area contributed by atoms with E-state index < -0.39 is 0 Å². The highest BCUT2D eigenvalue weighted by molar-refractivity contribution is 9.10. The Morgan fingerprint density at radius 2 is 2.12 bits per heavy atom. The molecular weight excluding hydrogens is 406 g/mol. The molecule has 25 heavy (non-hydrogen) atoms. The van der Waals surface area contributed by atoms with Crippen LogP contribution >= 0.6 is 27.7 Å². The molecule has 0 spiro atoms. The average Bonchev–Trinajstić information content (AvgIpc) is 3.22. The van der Waals surface area contributed by atoms with Crippen molar-refractivity contribution in [2.75, 3.05) is 18.2 Å². The van der Waals surface area contributed by atoms with Crippen LogP contribution in [0.3, 0.4) is 0 Å². The fourth-order valence-corrected chi connectivity index (χ4v) is 3.01. The molecule has 0 fully saturated rings. The second-order valence-electron chi connectivity index (χ2n) is 5.12. The van der Waals surface area contributed by atoms with Gasteiger partial charge in [-0.3, -0.25) is 10.2 Å². The third-order valence-corrected chi connectivity index (χ3v) is 4.56. The summed E-state index contributed by atoms with van der Waals surface area (Å²) >= 11 is 4.73. The molecule has 0 saturated carbocycles. The number of furan rings is 1. The number of amidine groups is 1.